The van der Waals surface area contributed by atoms with Crippen molar-refractivity contribution in [2.75, 3.05) is 0 Å². The van der Waals surface area contributed by atoms with Crippen molar-refractivity contribution >= 4 is 17.1 Å². The summed E-state index contributed by atoms with van der Waals surface area (Å²) in [4.78, 5) is 11.6. The van der Waals surface area contributed by atoms with Gasteiger partial charge in [0.1, 0.15) is 10.7 Å². The largest absolute Gasteiger partial charge is 0.293 e. The minimum absolute atomic E-state index is 0.00231. The van der Waals surface area contributed by atoms with E-state index in [1.807, 2.05) is 0 Å². The van der Waals surface area contributed by atoms with E-state index in [0.29, 0.717) is 4.88 Å². The number of rotatable bonds is 2. The Morgan fingerprint density at radius 1 is 1.64 bits per heavy atom. The lowest BCUT2D eigenvalue weighted by molar-refractivity contribution is 0.0968. The third kappa shape index (κ3) is 1.20. The fraction of sp³-hybridized carbons (Fsp3) is 0.375. The summed E-state index contributed by atoms with van der Waals surface area (Å²) in [6.45, 7) is 0. The zero-order valence-electron chi connectivity index (χ0n) is 5.84. The van der Waals surface area contributed by atoms with E-state index in [2.05, 4.69) is 0 Å². The van der Waals surface area contributed by atoms with E-state index < -0.39 is 0 Å². The highest BCUT2D eigenvalue weighted by molar-refractivity contribution is 7.12. The van der Waals surface area contributed by atoms with E-state index in [4.69, 9.17) is 0 Å². The number of ketones is 1. The first-order valence-corrected chi connectivity index (χ1v) is 4.44. The summed E-state index contributed by atoms with van der Waals surface area (Å²) in [6.07, 6.45) is 1.88. The Bertz CT molecular complexity index is 288. The zero-order valence-corrected chi connectivity index (χ0v) is 6.66. The number of Topliss-reactive ketones (excluding diaryl/α,β-unsaturated/α-hetero) is 1. The number of carbonyl (C=O) groups excluding carboxylic acids is 1. The summed E-state index contributed by atoms with van der Waals surface area (Å²) < 4.78 is 12.8. The van der Waals surface area contributed by atoms with Crippen LogP contribution in [0.4, 0.5) is 4.39 Å². The topological polar surface area (TPSA) is 17.1 Å². The lowest BCUT2D eigenvalue weighted by Crippen LogP contribution is -1.99. The maximum Gasteiger partial charge on any atom is 0.178 e. The van der Waals surface area contributed by atoms with Crippen LogP contribution in [-0.4, -0.2) is 5.78 Å². The van der Waals surface area contributed by atoms with E-state index in [0.717, 1.165) is 12.8 Å². The molecule has 58 valence electrons. The number of hydrogen-bond donors (Lipinski definition) is 0. The highest BCUT2D eigenvalue weighted by Gasteiger charge is 2.32. The van der Waals surface area contributed by atoms with Gasteiger partial charge in [0.2, 0.25) is 0 Å². The van der Waals surface area contributed by atoms with Gasteiger partial charge < -0.3 is 0 Å². The smallest absolute Gasteiger partial charge is 0.178 e. The van der Waals surface area contributed by atoms with Gasteiger partial charge in [-0.1, -0.05) is 0 Å². The van der Waals surface area contributed by atoms with Crippen LogP contribution in [0.5, 0.6) is 0 Å². The maximum absolute atomic E-state index is 12.8. The van der Waals surface area contributed by atoms with Crippen molar-refractivity contribution < 1.29 is 9.18 Å². The molecule has 1 fully saturated rings. The normalized spacial score (nSPS) is 16.8. The van der Waals surface area contributed by atoms with E-state index in [9.17, 15) is 9.18 Å². The van der Waals surface area contributed by atoms with E-state index in [1.165, 1.54) is 17.4 Å². The van der Waals surface area contributed by atoms with Crippen LogP contribution in [0.1, 0.15) is 22.5 Å². The van der Waals surface area contributed by atoms with Gasteiger partial charge in [0.25, 0.3) is 0 Å². The first-order chi connectivity index (χ1) is 5.29. The summed E-state index contributed by atoms with van der Waals surface area (Å²) in [5.41, 5.74) is 0. The molecule has 1 nitrogen and oxygen atoms in total. The van der Waals surface area contributed by atoms with Gasteiger partial charge in [-0.05, 0) is 24.3 Å². The molecule has 0 aliphatic heterocycles. The molecule has 1 heterocycles. The molecule has 1 aliphatic rings. The van der Waals surface area contributed by atoms with Crippen LogP contribution in [0.25, 0.3) is 0 Å². The van der Waals surface area contributed by atoms with Gasteiger partial charge in [0.05, 0.1) is 0 Å². The second kappa shape index (κ2) is 2.41. The molecule has 0 bridgehead atoms. The van der Waals surface area contributed by atoms with Crippen LogP contribution < -0.4 is 0 Å². The molecule has 1 aromatic rings. The lowest BCUT2D eigenvalue weighted by Gasteiger charge is -1.91. The molecule has 0 amide bonds. The minimum Gasteiger partial charge on any atom is -0.293 e. The van der Waals surface area contributed by atoms with Crippen LogP contribution in [0.3, 0.4) is 0 Å². The average molecular weight is 170 g/mol. The summed E-state index contributed by atoms with van der Waals surface area (Å²) >= 11 is 1.20. The minimum atomic E-state index is -0.355. The molecule has 0 unspecified atom stereocenters. The maximum atomic E-state index is 12.8. The van der Waals surface area contributed by atoms with Gasteiger partial charge in [-0.3, -0.25) is 4.79 Å². The molecule has 2 rings (SSSR count). The molecule has 0 radical (unpaired) electrons. The second-order valence-corrected chi connectivity index (χ2v) is 3.65. The quantitative estimate of drug-likeness (QED) is 0.623. The second-order valence-electron chi connectivity index (χ2n) is 2.74. The van der Waals surface area contributed by atoms with Crippen LogP contribution in [-0.2, 0) is 0 Å². The molecule has 1 aromatic heterocycles. The van der Waals surface area contributed by atoms with Crippen molar-refractivity contribution in [1.29, 1.82) is 0 Å². The standard InChI is InChI=1S/C8H7FOS/c9-6-3-4-11-8(6)7(10)5-1-2-5/h3-5H,1-2H2. The van der Waals surface area contributed by atoms with Crippen LogP contribution in [0.2, 0.25) is 0 Å². The Labute approximate surface area is 67.9 Å². The van der Waals surface area contributed by atoms with Gasteiger partial charge in [-0.2, -0.15) is 0 Å². The van der Waals surface area contributed by atoms with E-state index >= 15 is 0 Å². The van der Waals surface area contributed by atoms with Gasteiger partial charge in [-0.25, -0.2) is 4.39 Å². The number of hydrogen-bond acceptors (Lipinski definition) is 2. The molecule has 11 heavy (non-hydrogen) atoms. The van der Waals surface area contributed by atoms with Gasteiger partial charge in [-0.15, -0.1) is 11.3 Å². The van der Waals surface area contributed by atoms with Crippen molar-refractivity contribution in [3.05, 3.63) is 22.1 Å². The van der Waals surface area contributed by atoms with Gasteiger partial charge in [0, 0.05) is 5.92 Å². The molecule has 0 saturated heterocycles. The first kappa shape index (κ1) is 6.98. The van der Waals surface area contributed by atoms with Gasteiger partial charge in [0.15, 0.2) is 5.78 Å². The molecular formula is C8H7FOS. The Hall–Kier alpha value is -0.700. The summed E-state index contributed by atoms with van der Waals surface area (Å²) in [5, 5.41) is 1.62. The molecule has 0 aromatic carbocycles. The van der Waals surface area contributed by atoms with E-state index in [-0.39, 0.29) is 17.5 Å². The summed E-state index contributed by atoms with van der Waals surface area (Å²) in [6, 6.07) is 1.35. The molecule has 1 saturated carbocycles. The zero-order chi connectivity index (χ0) is 7.84. The predicted molar refractivity (Wildman–Crippen MR) is 41.3 cm³/mol. The number of thiophene rings is 1. The Kier molecular flexibility index (Phi) is 1.53. The fourth-order valence-corrected chi connectivity index (χ4v) is 1.79. The fourth-order valence-electron chi connectivity index (χ4n) is 1.00. The molecule has 1 aliphatic carbocycles. The van der Waals surface area contributed by atoms with Crippen molar-refractivity contribution in [2.24, 2.45) is 5.92 Å². The summed E-state index contributed by atoms with van der Waals surface area (Å²) in [5.74, 6) is -0.229. The highest BCUT2D eigenvalue weighted by Crippen LogP contribution is 2.34. The Morgan fingerprint density at radius 3 is 2.82 bits per heavy atom. The van der Waals surface area contributed by atoms with Crippen LogP contribution in [0.15, 0.2) is 11.4 Å². The Balaban J connectivity index is 2.27. The predicted octanol–water partition coefficient (Wildman–Crippen LogP) is 2.48. The molecule has 0 spiro atoms. The third-order valence-corrected chi connectivity index (χ3v) is 2.69. The third-order valence-electron chi connectivity index (χ3n) is 1.79. The number of halogens is 1. The lowest BCUT2D eigenvalue weighted by atomic mass is 10.2. The summed E-state index contributed by atoms with van der Waals surface area (Å²) in [7, 11) is 0. The molecule has 0 N–H and O–H groups in total. The van der Waals surface area contributed by atoms with Crippen molar-refractivity contribution in [3.63, 3.8) is 0 Å². The van der Waals surface area contributed by atoms with Crippen molar-refractivity contribution in [2.45, 2.75) is 12.8 Å². The van der Waals surface area contributed by atoms with Crippen LogP contribution >= 0.6 is 11.3 Å². The van der Waals surface area contributed by atoms with Crippen molar-refractivity contribution in [1.82, 2.24) is 0 Å². The van der Waals surface area contributed by atoms with Crippen molar-refractivity contribution in [3.8, 4) is 0 Å². The number of carbonyl (C=O) groups is 1. The first-order valence-electron chi connectivity index (χ1n) is 3.56. The molecule has 0 atom stereocenters. The van der Waals surface area contributed by atoms with Gasteiger partial charge >= 0.3 is 0 Å². The SMILES string of the molecule is O=C(c1sccc1F)C1CC1. The molecule has 3 heteroatoms. The highest BCUT2D eigenvalue weighted by atomic mass is 32.1. The van der Waals surface area contributed by atoms with E-state index in [1.54, 1.807) is 5.38 Å². The Morgan fingerprint density at radius 2 is 2.36 bits per heavy atom. The monoisotopic (exact) mass is 170 g/mol. The van der Waals surface area contributed by atoms with Crippen LogP contribution in [0, 0.1) is 11.7 Å². The average Bonchev–Trinajstić information content (AvgIpc) is 2.74. The molecular weight excluding hydrogens is 163 g/mol.